The van der Waals surface area contributed by atoms with Crippen molar-refractivity contribution in [3.05, 3.63) is 34.9 Å². The van der Waals surface area contributed by atoms with Crippen molar-refractivity contribution in [3.63, 3.8) is 0 Å². The van der Waals surface area contributed by atoms with Gasteiger partial charge in [-0.3, -0.25) is 4.99 Å². The van der Waals surface area contributed by atoms with E-state index in [0.29, 0.717) is 5.41 Å². The molecule has 2 rings (SSSR count). The van der Waals surface area contributed by atoms with Crippen molar-refractivity contribution in [2.45, 2.75) is 26.8 Å². The van der Waals surface area contributed by atoms with Gasteiger partial charge >= 0.3 is 0 Å². The fraction of sp³-hybridized carbons (Fsp3) is 0.533. The Morgan fingerprint density at radius 2 is 2.05 bits per heavy atom. The molecular weight excluding hydrogens is 258 g/mol. The molecule has 104 valence electrons. The molecule has 3 nitrogen and oxygen atoms in total. The number of hydrogen-bond acceptors (Lipinski definition) is 1. The van der Waals surface area contributed by atoms with E-state index in [4.69, 9.17) is 11.6 Å². The molecule has 1 heterocycles. The van der Waals surface area contributed by atoms with Gasteiger partial charge in [-0.25, -0.2) is 0 Å². The topological polar surface area (TPSA) is 27.6 Å². The second-order valence-electron chi connectivity index (χ2n) is 5.86. The van der Waals surface area contributed by atoms with E-state index < -0.39 is 0 Å². The van der Waals surface area contributed by atoms with E-state index in [1.165, 1.54) is 12.0 Å². The number of benzene rings is 1. The first-order chi connectivity index (χ1) is 9.00. The molecule has 0 aliphatic carbocycles. The SMILES string of the molecule is CN=C(NCc1ccc(Cl)cc1)N1CCC(C)(C)C1. The van der Waals surface area contributed by atoms with E-state index in [2.05, 4.69) is 29.1 Å². The summed E-state index contributed by atoms with van der Waals surface area (Å²) in [6.07, 6.45) is 1.22. The van der Waals surface area contributed by atoms with Crippen molar-refractivity contribution in [3.8, 4) is 0 Å². The number of nitrogens with zero attached hydrogens (tertiary/aromatic N) is 2. The van der Waals surface area contributed by atoms with Crippen LogP contribution in [0.15, 0.2) is 29.3 Å². The maximum Gasteiger partial charge on any atom is 0.193 e. The number of guanidine groups is 1. The number of nitrogens with one attached hydrogen (secondary N) is 1. The van der Waals surface area contributed by atoms with Crippen LogP contribution in [-0.4, -0.2) is 31.0 Å². The quantitative estimate of drug-likeness (QED) is 0.665. The van der Waals surface area contributed by atoms with Crippen LogP contribution in [0.4, 0.5) is 0 Å². The largest absolute Gasteiger partial charge is 0.352 e. The smallest absolute Gasteiger partial charge is 0.193 e. The molecule has 0 unspecified atom stereocenters. The van der Waals surface area contributed by atoms with Gasteiger partial charge in [0.25, 0.3) is 0 Å². The first kappa shape index (κ1) is 14.2. The minimum absolute atomic E-state index is 0.387. The number of halogens is 1. The Kier molecular flexibility index (Phi) is 4.35. The highest BCUT2D eigenvalue weighted by molar-refractivity contribution is 6.30. The fourth-order valence-corrected chi connectivity index (χ4v) is 2.53. The fourth-order valence-electron chi connectivity index (χ4n) is 2.41. The van der Waals surface area contributed by atoms with Crippen molar-refractivity contribution >= 4 is 17.6 Å². The van der Waals surface area contributed by atoms with Crippen LogP contribution in [0.5, 0.6) is 0 Å². The highest BCUT2D eigenvalue weighted by atomic mass is 35.5. The highest BCUT2D eigenvalue weighted by Crippen LogP contribution is 2.28. The molecule has 1 aliphatic heterocycles. The van der Waals surface area contributed by atoms with Gasteiger partial charge in [-0.2, -0.15) is 0 Å². The van der Waals surface area contributed by atoms with Gasteiger partial charge in [0.15, 0.2) is 5.96 Å². The Hall–Kier alpha value is -1.22. The Morgan fingerprint density at radius 1 is 1.37 bits per heavy atom. The third kappa shape index (κ3) is 3.87. The van der Waals surface area contributed by atoms with Crippen molar-refractivity contribution in [2.24, 2.45) is 10.4 Å². The van der Waals surface area contributed by atoms with E-state index in [1.807, 2.05) is 31.3 Å². The maximum absolute atomic E-state index is 5.88. The summed E-state index contributed by atoms with van der Waals surface area (Å²) in [5.41, 5.74) is 1.60. The monoisotopic (exact) mass is 279 g/mol. The summed E-state index contributed by atoms with van der Waals surface area (Å²) in [5.74, 6) is 0.987. The van der Waals surface area contributed by atoms with Crippen LogP contribution in [0, 0.1) is 5.41 Å². The molecule has 4 heteroatoms. The minimum Gasteiger partial charge on any atom is -0.352 e. The molecule has 1 aromatic rings. The molecule has 0 saturated carbocycles. The lowest BCUT2D eigenvalue weighted by Gasteiger charge is -2.23. The first-order valence-corrected chi connectivity index (χ1v) is 7.08. The molecule has 0 aromatic heterocycles. The summed E-state index contributed by atoms with van der Waals surface area (Å²) < 4.78 is 0. The van der Waals surface area contributed by atoms with Crippen molar-refractivity contribution in [1.29, 1.82) is 0 Å². The van der Waals surface area contributed by atoms with Crippen LogP contribution in [0.3, 0.4) is 0 Å². The summed E-state index contributed by atoms with van der Waals surface area (Å²) in [5, 5.41) is 4.19. The third-order valence-electron chi connectivity index (χ3n) is 3.55. The minimum atomic E-state index is 0.387. The van der Waals surface area contributed by atoms with Crippen LogP contribution in [0.1, 0.15) is 25.8 Å². The lowest BCUT2D eigenvalue weighted by atomic mass is 9.93. The molecular formula is C15H22ClN3. The van der Waals surface area contributed by atoms with E-state index in [9.17, 15) is 0 Å². The lowest BCUT2D eigenvalue weighted by molar-refractivity contribution is 0.370. The summed E-state index contributed by atoms with van der Waals surface area (Å²) in [6.45, 7) is 7.53. The maximum atomic E-state index is 5.88. The van der Waals surface area contributed by atoms with E-state index >= 15 is 0 Å². The zero-order valence-electron chi connectivity index (χ0n) is 11.9. The molecule has 0 spiro atoms. The Balaban J connectivity index is 1.92. The number of rotatable bonds is 2. The molecule has 0 amide bonds. The summed E-state index contributed by atoms with van der Waals surface area (Å²) in [7, 11) is 1.84. The van der Waals surface area contributed by atoms with Crippen molar-refractivity contribution in [2.75, 3.05) is 20.1 Å². The molecule has 1 fully saturated rings. The second kappa shape index (κ2) is 5.83. The number of likely N-dealkylation sites (tertiary alicyclic amines) is 1. The van der Waals surface area contributed by atoms with Gasteiger partial charge in [0, 0.05) is 31.7 Å². The van der Waals surface area contributed by atoms with Gasteiger partial charge in [-0.15, -0.1) is 0 Å². The average Bonchev–Trinajstić information content (AvgIpc) is 2.73. The van der Waals surface area contributed by atoms with Crippen LogP contribution in [-0.2, 0) is 6.54 Å². The van der Waals surface area contributed by atoms with Gasteiger partial charge in [-0.05, 0) is 29.5 Å². The molecule has 0 radical (unpaired) electrons. The molecule has 0 bridgehead atoms. The third-order valence-corrected chi connectivity index (χ3v) is 3.80. The zero-order chi connectivity index (χ0) is 13.9. The Labute approximate surface area is 120 Å². The van der Waals surface area contributed by atoms with E-state index in [1.54, 1.807) is 0 Å². The molecule has 1 aromatic carbocycles. The van der Waals surface area contributed by atoms with E-state index in [-0.39, 0.29) is 0 Å². The molecule has 0 atom stereocenters. The van der Waals surface area contributed by atoms with Gasteiger partial charge in [-0.1, -0.05) is 37.6 Å². The van der Waals surface area contributed by atoms with E-state index in [0.717, 1.165) is 30.6 Å². The second-order valence-corrected chi connectivity index (χ2v) is 6.30. The normalized spacial score (nSPS) is 18.7. The summed E-state index contributed by atoms with van der Waals surface area (Å²) in [6, 6.07) is 7.91. The van der Waals surface area contributed by atoms with Crippen LogP contribution < -0.4 is 5.32 Å². The van der Waals surface area contributed by atoms with Crippen LogP contribution in [0.25, 0.3) is 0 Å². The predicted molar refractivity (Wildman–Crippen MR) is 81.6 cm³/mol. The number of aliphatic imine (C=N–C) groups is 1. The van der Waals surface area contributed by atoms with Crippen LogP contribution >= 0.6 is 11.6 Å². The van der Waals surface area contributed by atoms with Gasteiger partial charge in [0.2, 0.25) is 0 Å². The van der Waals surface area contributed by atoms with Crippen LogP contribution in [0.2, 0.25) is 5.02 Å². The standard InChI is InChI=1S/C15H22ClN3/c1-15(2)8-9-19(11-15)14(17-3)18-10-12-4-6-13(16)7-5-12/h4-7H,8-11H2,1-3H3,(H,17,18). The molecule has 1 aliphatic rings. The van der Waals surface area contributed by atoms with Crippen molar-refractivity contribution in [1.82, 2.24) is 10.2 Å². The summed E-state index contributed by atoms with van der Waals surface area (Å²) >= 11 is 5.88. The van der Waals surface area contributed by atoms with Gasteiger partial charge in [0.1, 0.15) is 0 Å². The van der Waals surface area contributed by atoms with Gasteiger partial charge < -0.3 is 10.2 Å². The lowest BCUT2D eigenvalue weighted by Crippen LogP contribution is -2.40. The molecule has 1 N–H and O–H groups in total. The summed E-state index contributed by atoms with van der Waals surface area (Å²) in [4.78, 5) is 6.70. The predicted octanol–water partition coefficient (Wildman–Crippen LogP) is 3.15. The van der Waals surface area contributed by atoms with Gasteiger partial charge in [0.05, 0.1) is 0 Å². The average molecular weight is 280 g/mol. The Morgan fingerprint density at radius 3 is 2.58 bits per heavy atom. The first-order valence-electron chi connectivity index (χ1n) is 6.70. The highest BCUT2D eigenvalue weighted by Gasteiger charge is 2.30. The van der Waals surface area contributed by atoms with Crippen molar-refractivity contribution < 1.29 is 0 Å². The Bertz CT molecular complexity index is 451. The zero-order valence-corrected chi connectivity index (χ0v) is 12.7. The molecule has 1 saturated heterocycles. The molecule has 19 heavy (non-hydrogen) atoms. The number of hydrogen-bond donors (Lipinski definition) is 1.